The van der Waals surface area contributed by atoms with Crippen molar-refractivity contribution in [1.82, 2.24) is 20.3 Å². The molecule has 0 radical (unpaired) electrons. The van der Waals surface area contributed by atoms with Crippen molar-refractivity contribution in [1.29, 1.82) is 0 Å². The molecular weight excluding hydrogens is 263 g/mol. The molecule has 0 bridgehead atoms. The first-order chi connectivity index (χ1) is 9.56. The van der Waals surface area contributed by atoms with E-state index in [1.165, 1.54) is 16.9 Å². The largest absolute Gasteiger partial charge is 0.387 e. The molecule has 7 heteroatoms. The van der Waals surface area contributed by atoms with Gasteiger partial charge in [0.1, 0.15) is 18.1 Å². The molecule has 0 saturated heterocycles. The van der Waals surface area contributed by atoms with Gasteiger partial charge in [0.15, 0.2) is 0 Å². The summed E-state index contributed by atoms with van der Waals surface area (Å²) in [6.45, 7) is 1.64. The minimum absolute atomic E-state index is 0.0336. The molecular formula is C13H15FN4O2. The van der Waals surface area contributed by atoms with Crippen LogP contribution in [0.15, 0.2) is 30.5 Å². The third kappa shape index (κ3) is 3.61. The van der Waals surface area contributed by atoms with E-state index in [1.807, 2.05) is 0 Å². The molecule has 106 valence electrons. The zero-order chi connectivity index (χ0) is 14.5. The molecule has 1 amide bonds. The maximum absolute atomic E-state index is 13.4. The number of hydrogen-bond acceptors (Lipinski definition) is 4. The first-order valence-corrected chi connectivity index (χ1v) is 6.14. The standard InChI is InChI=1S/C13H15FN4O2/c1-9(19)12-7-18(17-16-12)8-13(20)15-6-10-4-2-3-5-11(10)14/h2-5,7,9,19H,6,8H2,1H3,(H,15,20). The van der Waals surface area contributed by atoms with Gasteiger partial charge in [-0.15, -0.1) is 5.10 Å². The maximum Gasteiger partial charge on any atom is 0.242 e. The van der Waals surface area contributed by atoms with Crippen LogP contribution < -0.4 is 5.32 Å². The highest BCUT2D eigenvalue weighted by Crippen LogP contribution is 2.07. The number of aliphatic hydroxyl groups is 1. The highest BCUT2D eigenvalue weighted by molar-refractivity contribution is 5.75. The molecule has 0 aliphatic carbocycles. The molecule has 1 aromatic heterocycles. The first-order valence-electron chi connectivity index (χ1n) is 6.14. The van der Waals surface area contributed by atoms with Gasteiger partial charge in [0, 0.05) is 12.1 Å². The van der Waals surface area contributed by atoms with Gasteiger partial charge >= 0.3 is 0 Å². The van der Waals surface area contributed by atoms with Gasteiger partial charge in [-0.2, -0.15) is 0 Å². The average molecular weight is 278 g/mol. The Kier molecular flexibility index (Phi) is 4.41. The fourth-order valence-corrected chi connectivity index (χ4v) is 1.62. The van der Waals surface area contributed by atoms with E-state index < -0.39 is 6.10 Å². The van der Waals surface area contributed by atoms with Gasteiger partial charge in [-0.1, -0.05) is 23.4 Å². The molecule has 2 rings (SSSR count). The summed E-state index contributed by atoms with van der Waals surface area (Å²) in [5, 5.41) is 19.3. The van der Waals surface area contributed by atoms with Crippen LogP contribution in [0.4, 0.5) is 4.39 Å². The zero-order valence-electron chi connectivity index (χ0n) is 11.0. The van der Waals surface area contributed by atoms with E-state index in [0.717, 1.165) is 0 Å². The van der Waals surface area contributed by atoms with Gasteiger partial charge in [-0.05, 0) is 13.0 Å². The second-order valence-electron chi connectivity index (χ2n) is 4.39. The summed E-state index contributed by atoms with van der Waals surface area (Å²) in [6, 6.07) is 6.25. The highest BCUT2D eigenvalue weighted by atomic mass is 19.1. The number of benzene rings is 1. The molecule has 0 aliphatic rings. The smallest absolute Gasteiger partial charge is 0.242 e. The lowest BCUT2D eigenvalue weighted by atomic mass is 10.2. The lowest BCUT2D eigenvalue weighted by Gasteiger charge is -2.06. The lowest BCUT2D eigenvalue weighted by molar-refractivity contribution is -0.122. The predicted molar refractivity (Wildman–Crippen MR) is 68.9 cm³/mol. The van der Waals surface area contributed by atoms with E-state index in [2.05, 4.69) is 15.6 Å². The van der Waals surface area contributed by atoms with Crippen LogP contribution in [0.25, 0.3) is 0 Å². The number of hydrogen-bond donors (Lipinski definition) is 2. The summed E-state index contributed by atoms with van der Waals surface area (Å²) >= 11 is 0. The third-order valence-electron chi connectivity index (χ3n) is 2.72. The van der Waals surface area contributed by atoms with Crippen LogP contribution in [-0.2, 0) is 17.9 Å². The monoisotopic (exact) mass is 278 g/mol. The molecule has 2 aromatic rings. The van der Waals surface area contributed by atoms with E-state index in [4.69, 9.17) is 0 Å². The van der Waals surface area contributed by atoms with Gasteiger partial charge in [-0.3, -0.25) is 4.79 Å². The summed E-state index contributed by atoms with van der Waals surface area (Å²) in [5.74, 6) is -0.666. The van der Waals surface area contributed by atoms with Gasteiger partial charge in [0.25, 0.3) is 0 Å². The Balaban J connectivity index is 1.88. The van der Waals surface area contributed by atoms with Crippen LogP contribution in [0.5, 0.6) is 0 Å². The number of nitrogens with zero attached hydrogens (tertiary/aromatic N) is 3. The fraction of sp³-hybridized carbons (Fsp3) is 0.308. The van der Waals surface area contributed by atoms with E-state index >= 15 is 0 Å². The van der Waals surface area contributed by atoms with E-state index in [-0.39, 0.29) is 24.8 Å². The van der Waals surface area contributed by atoms with Crippen molar-refractivity contribution in [2.45, 2.75) is 26.1 Å². The van der Waals surface area contributed by atoms with Crippen molar-refractivity contribution >= 4 is 5.91 Å². The average Bonchev–Trinajstić information content (AvgIpc) is 2.86. The van der Waals surface area contributed by atoms with Crippen molar-refractivity contribution in [3.05, 3.63) is 47.5 Å². The van der Waals surface area contributed by atoms with Crippen molar-refractivity contribution in [3.8, 4) is 0 Å². The van der Waals surface area contributed by atoms with Crippen LogP contribution >= 0.6 is 0 Å². The topological polar surface area (TPSA) is 80.0 Å². The highest BCUT2D eigenvalue weighted by Gasteiger charge is 2.09. The molecule has 1 unspecified atom stereocenters. The molecule has 1 heterocycles. The molecule has 0 spiro atoms. The van der Waals surface area contributed by atoms with Gasteiger partial charge < -0.3 is 10.4 Å². The van der Waals surface area contributed by atoms with E-state index in [0.29, 0.717) is 11.3 Å². The van der Waals surface area contributed by atoms with Crippen LogP contribution in [-0.4, -0.2) is 26.0 Å². The number of aromatic nitrogens is 3. The summed E-state index contributed by atoms with van der Waals surface area (Å²) in [7, 11) is 0. The van der Waals surface area contributed by atoms with Crippen molar-refractivity contribution in [3.63, 3.8) is 0 Å². The summed E-state index contributed by atoms with van der Waals surface area (Å²) in [6.07, 6.45) is 0.762. The quantitative estimate of drug-likeness (QED) is 0.847. The number of nitrogens with one attached hydrogen (secondary N) is 1. The minimum Gasteiger partial charge on any atom is -0.387 e. The molecule has 2 N–H and O–H groups in total. The second-order valence-corrected chi connectivity index (χ2v) is 4.39. The van der Waals surface area contributed by atoms with Crippen molar-refractivity contribution < 1.29 is 14.3 Å². The van der Waals surface area contributed by atoms with Crippen LogP contribution in [0.1, 0.15) is 24.3 Å². The number of aliphatic hydroxyl groups excluding tert-OH is 1. The number of carbonyl (C=O) groups excluding carboxylic acids is 1. The van der Waals surface area contributed by atoms with Gasteiger partial charge in [0.05, 0.1) is 12.3 Å². The summed E-state index contributed by atoms with van der Waals surface area (Å²) < 4.78 is 14.7. The third-order valence-corrected chi connectivity index (χ3v) is 2.72. The fourth-order valence-electron chi connectivity index (χ4n) is 1.62. The molecule has 1 aromatic carbocycles. The Labute approximate surface area is 115 Å². The van der Waals surface area contributed by atoms with Crippen LogP contribution in [0.2, 0.25) is 0 Å². The molecule has 0 fully saturated rings. The summed E-state index contributed by atoms with van der Waals surface area (Å²) in [4.78, 5) is 11.7. The first kappa shape index (κ1) is 14.1. The molecule has 0 saturated carbocycles. The van der Waals surface area contributed by atoms with Crippen LogP contribution in [0.3, 0.4) is 0 Å². The zero-order valence-corrected chi connectivity index (χ0v) is 11.0. The lowest BCUT2D eigenvalue weighted by Crippen LogP contribution is -2.27. The number of amides is 1. The predicted octanol–water partition coefficient (Wildman–Crippen LogP) is 0.787. The van der Waals surface area contributed by atoms with E-state index in [1.54, 1.807) is 25.1 Å². The number of carbonyl (C=O) groups is 1. The minimum atomic E-state index is -0.731. The normalized spacial score (nSPS) is 12.2. The van der Waals surface area contributed by atoms with Crippen molar-refractivity contribution in [2.24, 2.45) is 0 Å². The Hall–Kier alpha value is -2.28. The number of halogens is 1. The van der Waals surface area contributed by atoms with E-state index in [9.17, 15) is 14.3 Å². The Bertz CT molecular complexity index is 598. The summed E-state index contributed by atoms with van der Waals surface area (Å²) in [5.41, 5.74) is 0.816. The Morgan fingerprint density at radius 2 is 2.25 bits per heavy atom. The molecule has 0 aliphatic heterocycles. The number of rotatable bonds is 5. The van der Waals surface area contributed by atoms with Crippen molar-refractivity contribution in [2.75, 3.05) is 0 Å². The Morgan fingerprint density at radius 3 is 2.90 bits per heavy atom. The molecule has 20 heavy (non-hydrogen) atoms. The van der Waals surface area contributed by atoms with Gasteiger partial charge in [0.2, 0.25) is 5.91 Å². The van der Waals surface area contributed by atoms with Crippen LogP contribution in [0, 0.1) is 5.82 Å². The maximum atomic E-state index is 13.4. The Morgan fingerprint density at radius 1 is 1.50 bits per heavy atom. The second kappa shape index (κ2) is 6.25. The molecule has 6 nitrogen and oxygen atoms in total. The SMILES string of the molecule is CC(O)c1cn(CC(=O)NCc2ccccc2F)nn1. The molecule has 1 atom stereocenters. The van der Waals surface area contributed by atoms with Gasteiger partial charge in [-0.25, -0.2) is 9.07 Å².